The standard InChI is InChI=1S/C14H22N2OS/c1-2-17-8-7-13-16-14(10-3-4-10)12(18-13)9-15-11-5-6-11/h10-11,15H,2-9H2,1H3. The van der Waals surface area contributed by atoms with Gasteiger partial charge >= 0.3 is 0 Å². The molecular weight excluding hydrogens is 244 g/mol. The van der Waals surface area contributed by atoms with Gasteiger partial charge in [0.1, 0.15) is 0 Å². The molecule has 0 aliphatic heterocycles. The minimum atomic E-state index is 0.762. The monoisotopic (exact) mass is 266 g/mol. The molecule has 1 aromatic heterocycles. The van der Waals surface area contributed by atoms with Gasteiger partial charge in [0.15, 0.2) is 0 Å². The summed E-state index contributed by atoms with van der Waals surface area (Å²) in [4.78, 5) is 6.32. The van der Waals surface area contributed by atoms with Gasteiger partial charge in [0.05, 0.1) is 17.3 Å². The molecule has 3 rings (SSSR count). The molecule has 1 aromatic rings. The number of thiazole rings is 1. The van der Waals surface area contributed by atoms with E-state index in [-0.39, 0.29) is 0 Å². The van der Waals surface area contributed by atoms with Crippen molar-refractivity contribution in [3.05, 3.63) is 15.6 Å². The first-order chi connectivity index (χ1) is 8.86. The minimum absolute atomic E-state index is 0.762. The van der Waals surface area contributed by atoms with Crippen molar-refractivity contribution in [1.29, 1.82) is 0 Å². The van der Waals surface area contributed by atoms with Gasteiger partial charge in [-0.15, -0.1) is 11.3 Å². The van der Waals surface area contributed by atoms with E-state index >= 15 is 0 Å². The van der Waals surface area contributed by atoms with E-state index in [1.807, 2.05) is 18.3 Å². The summed E-state index contributed by atoms with van der Waals surface area (Å²) in [6, 6.07) is 0.783. The fraction of sp³-hybridized carbons (Fsp3) is 0.786. The van der Waals surface area contributed by atoms with Gasteiger partial charge in [-0.25, -0.2) is 4.98 Å². The van der Waals surface area contributed by atoms with E-state index in [1.165, 1.54) is 41.3 Å². The molecule has 2 aliphatic carbocycles. The first-order valence-electron chi connectivity index (χ1n) is 7.16. The first kappa shape index (κ1) is 12.6. The second-order valence-electron chi connectivity index (χ2n) is 5.29. The molecule has 0 amide bonds. The van der Waals surface area contributed by atoms with E-state index in [0.717, 1.165) is 38.1 Å². The van der Waals surface area contributed by atoms with Gasteiger partial charge in [-0.3, -0.25) is 0 Å². The van der Waals surface area contributed by atoms with Crippen molar-refractivity contribution < 1.29 is 4.74 Å². The summed E-state index contributed by atoms with van der Waals surface area (Å²) in [6.07, 6.45) is 6.36. The van der Waals surface area contributed by atoms with Crippen LogP contribution in [0.1, 0.15) is 54.1 Å². The Labute approximate surface area is 113 Å². The number of rotatable bonds is 8. The van der Waals surface area contributed by atoms with Crippen LogP contribution in [-0.4, -0.2) is 24.2 Å². The van der Waals surface area contributed by atoms with Gasteiger partial charge in [0.25, 0.3) is 0 Å². The summed E-state index contributed by atoms with van der Waals surface area (Å²) >= 11 is 1.89. The van der Waals surface area contributed by atoms with Crippen molar-refractivity contribution in [3.63, 3.8) is 0 Å². The molecule has 0 aromatic carbocycles. The van der Waals surface area contributed by atoms with Crippen LogP contribution in [0, 0.1) is 0 Å². The second-order valence-corrected chi connectivity index (χ2v) is 6.46. The van der Waals surface area contributed by atoms with Gasteiger partial charge in [-0.05, 0) is 32.6 Å². The summed E-state index contributed by atoms with van der Waals surface area (Å²) in [6.45, 7) is 4.69. The third-order valence-electron chi connectivity index (χ3n) is 3.53. The van der Waals surface area contributed by atoms with Gasteiger partial charge in [0.2, 0.25) is 0 Å². The van der Waals surface area contributed by atoms with Crippen LogP contribution in [0.15, 0.2) is 0 Å². The molecule has 0 bridgehead atoms. The number of ether oxygens (including phenoxy) is 1. The molecule has 0 unspecified atom stereocenters. The summed E-state index contributed by atoms with van der Waals surface area (Å²) in [5.41, 5.74) is 1.39. The predicted octanol–water partition coefficient (Wildman–Crippen LogP) is 2.85. The summed E-state index contributed by atoms with van der Waals surface area (Å²) in [5, 5.41) is 4.88. The number of aromatic nitrogens is 1. The highest BCUT2D eigenvalue weighted by Gasteiger charge is 2.30. The van der Waals surface area contributed by atoms with Gasteiger partial charge in [-0.1, -0.05) is 0 Å². The molecule has 1 N–H and O–H groups in total. The van der Waals surface area contributed by atoms with Gasteiger partial charge in [0, 0.05) is 36.4 Å². The Morgan fingerprint density at radius 1 is 1.33 bits per heavy atom. The zero-order valence-corrected chi connectivity index (χ0v) is 11.9. The first-order valence-corrected chi connectivity index (χ1v) is 7.98. The smallest absolute Gasteiger partial charge is 0.0954 e. The number of hydrogen-bond acceptors (Lipinski definition) is 4. The van der Waals surface area contributed by atoms with Crippen LogP contribution in [0.25, 0.3) is 0 Å². The molecule has 100 valence electrons. The molecule has 2 aliphatic rings. The van der Waals surface area contributed by atoms with Crippen molar-refractivity contribution in [2.45, 2.75) is 57.5 Å². The van der Waals surface area contributed by atoms with Crippen molar-refractivity contribution in [3.8, 4) is 0 Å². The normalized spacial score (nSPS) is 19.4. The molecule has 1 heterocycles. The minimum Gasteiger partial charge on any atom is -0.381 e. The van der Waals surface area contributed by atoms with Crippen molar-refractivity contribution in [2.24, 2.45) is 0 Å². The molecule has 18 heavy (non-hydrogen) atoms. The maximum Gasteiger partial charge on any atom is 0.0954 e. The average molecular weight is 266 g/mol. The Bertz CT molecular complexity index is 396. The third-order valence-corrected chi connectivity index (χ3v) is 4.66. The molecule has 2 fully saturated rings. The molecule has 3 nitrogen and oxygen atoms in total. The lowest BCUT2D eigenvalue weighted by atomic mass is 10.2. The summed E-state index contributed by atoms with van der Waals surface area (Å²) in [5.74, 6) is 0.762. The number of hydrogen-bond donors (Lipinski definition) is 1. The highest BCUT2D eigenvalue weighted by atomic mass is 32.1. The molecule has 0 radical (unpaired) electrons. The van der Waals surface area contributed by atoms with Gasteiger partial charge in [-0.2, -0.15) is 0 Å². The highest BCUT2D eigenvalue weighted by Crippen LogP contribution is 2.42. The molecular formula is C14H22N2OS. The predicted molar refractivity (Wildman–Crippen MR) is 74.1 cm³/mol. The lowest BCUT2D eigenvalue weighted by molar-refractivity contribution is 0.151. The highest BCUT2D eigenvalue weighted by molar-refractivity contribution is 7.11. The second kappa shape index (κ2) is 5.68. The summed E-state index contributed by atoms with van der Waals surface area (Å²) in [7, 11) is 0. The molecule has 4 heteroatoms. The van der Waals surface area contributed by atoms with Crippen LogP contribution in [0.3, 0.4) is 0 Å². The quantitative estimate of drug-likeness (QED) is 0.735. The van der Waals surface area contributed by atoms with Crippen LogP contribution >= 0.6 is 11.3 Å². The SMILES string of the molecule is CCOCCc1nc(C2CC2)c(CNC2CC2)s1. The van der Waals surface area contributed by atoms with E-state index < -0.39 is 0 Å². The van der Waals surface area contributed by atoms with E-state index in [4.69, 9.17) is 9.72 Å². The number of nitrogens with zero attached hydrogens (tertiary/aromatic N) is 1. The van der Waals surface area contributed by atoms with Crippen LogP contribution in [0.4, 0.5) is 0 Å². The largest absolute Gasteiger partial charge is 0.381 e. The maximum absolute atomic E-state index is 5.42. The summed E-state index contributed by atoms with van der Waals surface area (Å²) < 4.78 is 5.42. The third kappa shape index (κ3) is 3.31. The van der Waals surface area contributed by atoms with E-state index in [1.54, 1.807) is 0 Å². The molecule has 0 saturated heterocycles. The Kier molecular flexibility index (Phi) is 3.97. The maximum atomic E-state index is 5.42. The zero-order chi connectivity index (χ0) is 12.4. The van der Waals surface area contributed by atoms with E-state index in [9.17, 15) is 0 Å². The van der Waals surface area contributed by atoms with Crippen LogP contribution in [0.5, 0.6) is 0 Å². The molecule has 0 spiro atoms. The Morgan fingerprint density at radius 2 is 2.17 bits per heavy atom. The van der Waals surface area contributed by atoms with E-state index in [2.05, 4.69) is 5.32 Å². The van der Waals surface area contributed by atoms with Gasteiger partial charge < -0.3 is 10.1 Å². The topological polar surface area (TPSA) is 34.1 Å². The Balaban J connectivity index is 1.61. The van der Waals surface area contributed by atoms with Crippen LogP contribution in [0.2, 0.25) is 0 Å². The van der Waals surface area contributed by atoms with Crippen molar-refractivity contribution in [1.82, 2.24) is 10.3 Å². The fourth-order valence-corrected chi connectivity index (χ4v) is 3.24. The Hall–Kier alpha value is -0.450. The average Bonchev–Trinajstić information content (AvgIpc) is 3.27. The van der Waals surface area contributed by atoms with Crippen LogP contribution < -0.4 is 5.32 Å². The van der Waals surface area contributed by atoms with Crippen molar-refractivity contribution >= 4 is 11.3 Å². The Morgan fingerprint density at radius 3 is 2.83 bits per heavy atom. The lowest BCUT2D eigenvalue weighted by Crippen LogP contribution is -2.15. The van der Waals surface area contributed by atoms with Crippen molar-refractivity contribution in [2.75, 3.05) is 13.2 Å². The van der Waals surface area contributed by atoms with E-state index in [0.29, 0.717) is 0 Å². The zero-order valence-electron chi connectivity index (χ0n) is 11.1. The number of nitrogens with one attached hydrogen (secondary N) is 1. The molecule has 0 atom stereocenters. The lowest BCUT2D eigenvalue weighted by Gasteiger charge is -2.01. The fourth-order valence-electron chi connectivity index (χ4n) is 2.15. The van der Waals surface area contributed by atoms with Crippen LogP contribution in [-0.2, 0) is 17.7 Å². The molecule has 2 saturated carbocycles.